The number of ether oxygens (including phenoxy) is 1. The highest BCUT2D eigenvalue weighted by atomic mass is 35.7. The lowest BCUT2D eigenvalue weighted by atomic mass is 9.83. The Hall–Kier alpha value is -6.12. The number of nitrogens with zero attached hydrogens (tertiary/aromatic N) is 2. The number of nitroso groups, excluding NO2 is 1. The van der Waals surface area contributed by atoms with Crippen LogP contribution >= 0.6 is 11.8 Å². The smallest absolute Gasteiger partial charge is 0.361 e. The molecule has 0 saturated carbocycles. The molecule has 1 aliphatic carbocycles. The Morgan fingerprint density at radius 3 is 2.26 bits per heavy atom. The number of para-hydroxylation sites is 1. The molecule has 0 bridgehead atoms. The first-order valence-corrected chi connectivity index (χ1v) is 22.1. The molecule has 2 heterocycles. The number of anilines is 2. The summed E-state index contributed by atoms with van der Waals surface area (Å²) >= 11 is 1.68. The van der Waals surface area contributed by atoms with E-state index in [2.05, 4.69) is 73.8 Å². The van der Waals surface area contributed by atoms with Gasteiger partial charge in [-0.3, -0.25) is 0 Å². The van der Waals surface area contributed by atoms with Crippen LogP contribution < -0.4 is 28.4 Å². The van der Waals surface area contributed by atoms with E-state index in [4.69, 9.17) is 27.8 Å². The zero-order chi connectivity index (χ0) is 44.0. The highest BCUT2D eigenvalue weighted by Crippen LogP contribution is 2.48. The minimum atomic E-state index is -4.94. The maximum atomic E-state index is 12.6. The summed E-state index contributed by atoms with van der Waals surface area (Å²) < 4.78 is 46.4. The van der Waals surface area contributed by atoms with E-state index in [1.807, 2.05) is 66.7 Å². The van der Waals surface area contributed by atoms with Crippen LogP contribution in [0.1, 0.15) is 83.8 Å². The van der Waals surface area contributed by atoms with Gasteiger partial charge in [-0.25, -0.2) is 27.8 Å². The molecule has 316 valence electrons. The largest absolute Gasteiger partial charge is 0.497 e. The Kier molecular flexibility index (Phi) is 13.7. The van der Waals surface area contributed by atoms with E-state index in [-0.39, 0.29) is 5.56 Å². The molecule has 11 nitrogen and oxygen atoms in total. The number of benzene rings is 5. The molecule has 62 heavy (non-hydrogen) atoms. The van der Waals surface area contributed by atoms with Crippen LogP contribution in [0.2, 0.25) is 0 Å². The zero-order valence-corrected chi connectivity index (χ0v) is 35.8. The van der Waals surface area contributed by atoms with Gasteiger partial charge in [-0.05, 0) is 133 Å². The fraction of sp³-hybridized carbons (Fsp3) is 0.184. The second kappa shape index (κ2) is 19.3. The summed E-state index contributed by atoms with van der Waals surface area (Å²) in [5, 5.41) is 16.1. The SMILES string of the molecule is CCC(CC)c1ccc2c(-c3ccccc3C(=O)O)c3c([o+]c2c1)/C(=C/C=C1\C=C(c2ccc(OC)cc2)Sc2ccc(N(N=O)c4ccccc4)cc21)CCC3.[O-][Cl+3]([O-])([O-])[O-]. The number of aromatic carboxylic acids is 1. The van der Waals surface area contributed by atoms with Crippen molar-refractivity contribution in [3.8, 4) is 16.9 Å². The molecule has 0 saturated heterocycles. The number of halogens is 1. The van der Waals surface area contributed by atoms with E-state index in [1.165, 1.54) is 10.6 Å². The maximum absolute atomic E-state index is 12.6. The van der Waals surface area contributed by atoms with Gasteiger partial charge in [0.15, 0.2) is 0 Å². The molecule has 2 aliphatic rings. The van der Waals surface area contributed by atoms with Crippen molar-refractivity contribution in [2.75, 3.05) is 12.1 Å². The van der Waals surface area contributed by atoms with Crippen molar-refractivity contribution in [1.29, 1.82) is 0 Å². The summed E-state index contributed by atoms with van der Waals surface area (Å²) in [7, 11) is -3.28. The minimum Gasteiger partial charge on any atom is -0.497 e. The summed E-state index contributed by atoms with van der Waals surface area (Å²) in [6, 6.07) is 37.2. The fourth-order valence-corrected chi connectivity index (χ4v) is 9.18. The molecule has 1 N–H and O–H groups in total. The average Bonchev–Trinajstić information content (AvgIpc) is 3.28. The molecular formula is C49H43ClN2O9S. The molecule has 0 amide bonds. The molecule has 0 radical (unpaired) electrons. The molecule has 1 aromatic heterocycles. The Bertz CT molecular complexity index is 2700. The monoisotopic (exact) mass is 870 g/mol. The third-order valence-corrected chi connectivity index (χ3v) is 12.2. The topological polar surface area (TPSA) is 183 Å². The number of allylic oxidation sites excluding steroid dienone is 5. The molecule has 13 heteroatoms. The van der Waals surface area contributed by atoms with Crippen molar-refractivity contribution in [2.45, 2.75) is 56.8 Å². The van der Waals surface area contributed by atoms with E-state index in [1.54, 1.807) is 31.0 Å². The predicted molar refractivity (Wildman–Crippen MR) is 233 cm³/mol. The molecule has 0 fully saturated rings. The highest BCUT2D eigenvalue weighted by molar-refractivity contribution is 8.08. The molecule has 6 aromatic rings. The van der Waals surface area contributed by atoms with E-state index < -0.39 is 16.2 Å². The van der Waals surface area contributed by atoms with Gasteiger partial charge in [0.05, 0.1) is 45.9 Å². The van der Waals surface area contributed by atoms with Crippen molar-refractivity contribution >= 4 is 56.1 Å². The van der Waals surface area contributed by atoms with Crippen molar-refractivity contribution in [2.24, 2.45) is 5.29 Å². The molecule has 0 unspecified atom stereocenters. The molecule has 0 atom stereocenters. The van der Waals surface area contributed by atoms with Gasteiger partial charge in [-0.15, -0.1) is 15.2 Å². The van der Waals surface area contributed by atoms with Gasteiger partial charge in [-0.2, -0.15) is 5.01 Å². The van der Waals surface area contributed by atoms with E-state index in [0.29, 0.717) is 22.9 Å². The van der Waals surface area contributed by atoms with Gasteiger partial charge in [0.25, 0.3) is 0 Å². The number of carboxylic acids is 1. The van der Waals surface area contributed by atoms with Crippen LogP contribution in [0.4, 0.5) is 11.4 Å². The second-order valence-corrected chi connectivity index (χ2v) is 16.5. The fourth-order valence-electron chi connectivity index (χ4n) is 8.08. The molecule has 1 aliphatic heterocycles. The van der Waals surface area contributed by atoms with Gasteiger partial charge in [0, 0.05) is 21.4 Å². The molecule has 0 spiro atoms. The number of methoxy groups -OCH3 is 1. The molecule has 5 aromatic carbocycles. The summed E-state index contributed by atoms with van der Waals surface area (Å²) in [5.41, 5.74) is 10.3. The number of carbonyl (C=O) groups is 1. The summed E-state index contributed by atoms with van der Waals surface area (Å²) in [5.74, 6) is 1.02. The normalized spacial score (nSPS) is 14.7. The Labute approximate surface area is 365 Å². The van der Waals surface area contributed by atoms with Crippen LogP contribution in [-0.2, 0) is 6.42 Å². The summed E-state index contributed by atoms with van der Waals surface area (Å²) in [4.78, 5) is 27.0. The standard InChI is InChI=1S/C49H42N2O5S.ClHO4/c1-4-31(5-2)34-22-26-41-44(28-34)56-48-33(12-11-17-42(48)47(41)39-15-9-10-16-40(39)49(52)53)18-19-35-29-46(32-20-24-38(55-3)25-21-32)57-45-27-23-37(30-43(35)45)51(50-54)36-13-7-6-8-14-36;2-1(3,4)5/h6-10,13-16,18-31H,4-5,11-12,17H2,1-3H3;(H,2,3,4,5)/b33-18+,35-19+;. The lowest BCUT2D eigenvalue weighted by Crippen LogP contribution is -2.68. The van der Waals surface area contributed by atoms with Crippen molar-refractivity contribution in [3.05, 3.63) is 172 Å². The van der Waals surface area contributed by atoms with E-state index in [9.17, 15) is 14.8 Å². The Balaban J connectivity index is 0.00000109. The molecule has 8 rings (SSSR count). The van der Waals surface area contributed by atoms with Gasteiger partial charge < -0.3 is 9.84 Å². The lowest BCUT2D eigenvalue weighted by molar-refractivity contribution is -2.00. The van der Waals surface area contributed by atoms with Crippen LogP contribution in [-0.4, -0.2) is 18.2 Å². The summed E-state index contributed by atoms with van der Waals surface area (Å²) in [6.45, 7) is 4.42. The van der Waals surface area contributed by atoms with Crippen LogP contribution in [0.5, 0.6) is 5.75 Å². The predicted octanol–water partition coefficient (Wildman–Crippen LogP) is 9.00. The Morgan fingerprint density at radius 1 is 0.871 bits per heavy atom. The number of hydrogen-bond acceptors (Lipinski definition) is 9. The minimum absolute atomic E-state index is 0.271. The number of fused-ring (bicyclic) bond motifs is 3. The second-order valence-electron chi connectivity index (χ2n) is 14.7. The van der Waals surface area contributed by atoms with Gasteiger partial charge in [-0.1, -0.05) is 86.3 Å². The van der Waals surface area contributed by atoms with E-state index >= 15 is 0 Å². The lowest BCUT2D eigenvalue weighted by Gasteiger charge is -2.22. The average molecular weight is 871 g/mol. The number of thioether (sulfide) groups is 1. The molecular weight excluding hydrogens is 828 g/mol. The highest BCUT2D eigenvalue weighted by Gasteiger charge is 2.33. The maximum Gasteiger partial charge on any atom is 0.361 e. The summed E-state index contributed by atoms with van der Waals surface area (Å²) in [6.07, 6.45) is 11.0. The first kappa shape index (κ1) is 44.0. The van der Waals surface area contributed by atoms with Gasteiger partial charge in [0.1, 0.15) is 5.75 Å². The van der Waals surface area contributed by atoms with E-state index in [0.717, 1.165) is 97.8 Å². The van der Waals surface area contributed by atoms with Crippen molar-refractivity contribution < 1.29 is 47.9 Å². The van der Waals surface area contributed by atoms with Crippen LogP contribution in [0.3, 0.4) is 0 Å². The van der Waals surface area contributed by atoms with Crippen molar-refractivity contribution in [3.63, 3.8) is 0 Å². The zero-order valence-electron chi connectivity index (χ0n) is 34.2. The van der Waals surface area contributed by atoms with Crippen LogP contribution in [0, 0.1) is 15.2 Å². The first-order chi connectivity index (χ1) is 29.9. The number of carboxylic acid groups (broad SMARTS) is 1. The Morgan fingerprint density at radius 2 is 1.58 bits per heavy atom. The van der Waals surface area contributed by atoms with Crippen LogP contribution in [0.25, 0.3) is 38.1 Å². The van der Waals surface area contributed by atoms with Crippen LogP contribution in [0.15, 0.2) is 148 Å². The van der Waals surface area contributed by atoms with Gasteiger partial charge >= 0.3 is 17.3 Å². The van der Waals surface area contributed by atoms with Gasteiger partial charge in [0.2, 0.25) is 0 Å². The quantitative estimate of drug-likeness (QED) is 0.0745. The first-order valence-electron chi connectivity index (χ1n) is 20.1. The third kappa shape index (κ3) is 9.82. The van der Waals surface area contributed by atoms with Crippen molar-refractivity contribution in [1.82, 2.24) is 0 Å². The number of rotatable bonds is 11. The number of hydrogen-bond donors (Lipinski definition) is 1. The third-order valence-electron chi connectivity index (χ3n) is 11.1.